The summed E-state index contributed by atoms with van der Waals surface area (Å²) in [6.45, 7) is 5.39. The Bertz CT molecular complexity index is 1320. The highest BCUT2D eigenvalue weighted by Gasteiger charge is 2.31. The second-order valence-corrected chi connectivity index (χ2v) is 13.7. The van der Waals surface area contributed by atoms with E-state index in [0.29, 0.717) is 36.1 Å². The number of nitrogens with zero attached hydrogens (tertiary/aromatic N) is 3. The van der Waals surface area contributed by atoms with Crippen LogP contribution in [-0.2, 0) is 4.74 Å². The molecule has 7 nitrogen and oxygen atoms in total. The van der Waals surface area contributed by atoms with Gasteiger partial charge in [0.2, 0.25) is 0 Å². The lowest BCUT2D eigenvalue weighted by molar-refractivity contribution is 0.0487. The molecule has 9 heteroatoms. The topological polar surface area (TPSA) is 74.8 Å². The number of ether oxygens (including phenoxy) is 1. The number of carbonyl (C=O) groups excluding carboxylic acids is 2. The predicted molar refractivity (Wildman–Crippen MR) is 168 cm³/mol. The van der Waals surface area contributed by atoms with Gasteiger partial charge in [0.15, 0.2) is 0 Å². The number of nitrogens with one attached hydrogen (secondary N) is 1. The molecule has 1 N–H and O–H groups in total. The average Bonchev–Trinajstić information content (AvgIpc) is 3.65. The Morgan fingerprint density at radius 1 is 1.22 bits per heavy atom. The third-order valence-corrected chi connectivity index (χ3v) is 10.2. The molecular weight excluding hydrogens is 553 g/mol. The summed E-state index contributed by atoms with van der Waals surface area (Å²) in [4.78, 5) is 36.3. The van der Waals surface area contributed by atoms with Gasteiger partial charge in [-0.3, -0.25) is 4.79 Å². The molecule has 0 aromatic carbocycles. The van der Waals surface area contributed by atoms with Gasteiger partial charge in [-0.15, -0.1) is 22.7 Å². The van der Waals surface area contributed by atoms with Gasteiger partial charge in [0.05, 0.1) is 11.6 Å². The minimum absolute atomic E-state index is 0.0836. The summed E-state index contributed by atoms with van der Waals surface area (Å²) in [5.41, 5.74) is 7.15. The van der Waals surface area contributed by atoms with Crippen molar-refractivity contribution < 1.29 is 14.3 Å². The maximum absolute atomic E-state index is 13.5. The molecule has 1 amide bonds. The van der Waals surface area contributed by atoms with Crippen LogP contribution in [0.15, 0.2) is 40.8 Å². The minimum atomic E-state index is -0.227. The zero-order valence-corrected chi connectivity index (χ0v) is 26.3. The summed E-state index contributed by atoms with van der Waals surface area (Å²) in [6, 6.07) is 2.14. The molecule has 0 saturated heterocycles. The highest BCUT2D eigenvalue weighted by Crippen LogP contribution is 2.43. The highest BCUT2D eigenvalue weighted by atomic mass is 32.1. The van der Waals surface area contributed by atoms with Crippen molar-refractivity contribution in [3.05, 3.63) is 61.8 Å². The molecule has 0 spiro atoms. The van der Waals surface area contributed by atoms with E-state index in [-0.39, 0.29) is 17.9 Å². The molecule has 0 radical (unpaired) electrons. The summed E-state index contributed by atoms with van der Waals surface area (Å²) in [5.74, 6) is 1.00. The molecule has 0 bridgehead atoms. The van der Waals surface area contributed by atoms with E-state index in [0.717, 1.165) is 41.4 Å². The standard InChI is InChI=1S/C32H42N4O3S2/c1-21-5-7-22(8-6-21)27-18-36(4)14-13-25(27)26-17-29(41-30(26)32(38)39-16-15-35(2)3)23-9-11-24(12-10-23)34-31(37)28-19-40-20-33-28/h9-11,17,19-22,24H,5-8,12-16,18H2,1-4H3,(H,34,37). The van der Waals surface area contributed by atoms with Crippen LogP contribution in [0.5, 0.6) is 0 Å². The Balaban J connectivity index is 1.42. The summed E-state index contributed by atoms with van der Waals surface area (Å²) in [6.07, 6.45) is 12.9. The van der Waals surface area contributed by atoms with Gasteiger partial charge in [-0.25, -0.2) is 9.78 Å². The lowest BCUT2D eigenvalue weighted by Crippen LogP contribution is -2.33. The average molecular weight is 595 g/mol. The second kappa shape index (κ2) is 13.6. The zero-order valence-electron chi connectivity index (χ0n) is 24.7. The third-order valence-electron chi connectivity index (χ3n) is 8.46. The van der Waals surface area contributed by atoms with Crippen molar-refractivity contribution >= 4 is 45.7 Å². The van der Waals surface area contributed by atoms with Gasteiger partial charge in [0, 0.05) is 35.5 Å². The normalized spacial score (nSPS) is 23.5. The first-order chi connectivity index (χ1) is 19.8. The third kappa shape index (κ3) is 7.44. The van der Waals surface area contributed by atoms with Crippen LogP contribution in [-0.4, -0.2) is 80.1 Å². The molecule has 3 heterocycles. The number of allylic oxidation sites excluding steroid dienone is 2. The Hall–Kier alpha value is -2.59. The minimum Gasteiger partial charge on any atom is -0.460 e. The number of aromatic nitrogens is 1. The summed E-state index contributed by atoms with van der Waals surface area (Å²) in [5, 5.41) is 4.81. The Morgan fingerprint density at radius 2 is 2.02 bits per heavy atom. The second-order valence-electron chi connectivity index (χ2n) is 11.9. The Kier molecular flexibility index (Phi) is 9.91. The van der Waals surface area contributed by atoms with E-state index in [1.165, 1.54) is 59.5 Å². The SMILES string of the molecule is CC1CCC(C2=C(c3cc(C4=CCC(NC(=O)c5cscn5)C=C4)sc3C(=O)OCCN(C)C)CCN(C)C2)CC1. The van der Waals surface area contributed by atoms with Crippen molar-refractivity contribution in [2.45, 2.75) is 51.5 Å². The Labute approximate surface area is 252 Å². The van der Waals surface area contributed by atoms with E-state index >= 15 is 0 Å². The lowest BCUT2D eigenvalue weighted by atomic mass is 9.75. The molecule has 41 heavy (non-hydrogen) atoms. The number of rotatable bonds is 9. The molecule has 3 aliphatic rings. The van der Waals surface area contributed by atoms with Crippen LogP contribution < -0.4 is 5.32 Å². The fraction of sp³-hybridized carbons (Fsp3) is 0.531. The maximum atomic E-state index is 13.5. The van der Waals surface area contributed by atoms with Crippen LogP contribution >= 0.6 is 22.7 Å². The molecule has 1 atom stereocenters. The van der Waals surface area contributed by atoms with Crippen LogP contribution in [0, 0.1) is 11.8 Å². The van der Waals surface area contributed by atoms with E-state index in [9.17, 15) is 9.59 Å². The fourth-order valence-corrected chi connectivity index (χ4v) is 7.63. The number of esters is 1. The van der Waals surface area contributed by atoms with E-state index in [4.69, 9.17) is 4.74 Å². The van der Waals surface area contributed by atoms with Crippen molar-refractivity contribution in [2.75, 3.05) is 47.4 Å². The van der Waals surface area contributed by atoms with Crippen molar-refractivity contribution in [1.82, 2.24) is 20.1 Å². The highest BCUT2D eigenvalue weighted by molar-refractivity contribution is 7.15. The molecule has 5 rings (SSSR count). The number of carbonyl (C=O) groups is 2. The van der Waals surface area contributed by atoms with Crippen LogP contribution in [0.1, 0.15) is 76.0 Å². The van der Waals surface area contributed by atoms with Gasteiger partial charge >= 0.3 is 5.97 Å². The number of hydrogen-bond donors (Lipinski definition) is 1. The molecular formula is C32H42N4O3S2. The summed E-state index contributed by atoms with van der Waals surface area (Å²) < 4.78 is 5.79. The predicted octanol–water partition coefficient (Wildman–Crippen LogP) is 5.98. The first-order valence-electron chi connectivity index (χ1n) is 14.7. The summed E-state index contributed by atoms with van der Waals surface area (Å²) >= 11 is 2.95. The molecule has 1 unspecified atom stereocenters. The molecule has 2 aromatic heterocycles. The number of likely N-dealkylation sites (N-methyl/N-ethyl adjacent to an activating group) is 2. The number of amides is 1. The fourth-order valence-electron chi connectivity index (χ4n) is 5.99. The van der Waals surface area contributed by atoms with E-state index in [1.54, 1.807) is 10.9 Å². The van der Waals surface area contributed by atoms with Crippen LogP contribution in [0.25, 0.3) is 11.1 Å². The van der Waals surface area contributed by atoms with E-state index in [1.807, 2.05) is 25.1 Å². The van der Waals surface area contributed by atoms with Crippen molar-refractivity contribution in [3.8, 4) is 0 Å². The van der Waals surface area contributed by atoms with Gasteiger partial charge < -0.3 is 19.9 Å². The van der Waals surface area contributed by atoms with Crippen molar-refractivity contribution in [1.29, 1.82) is 0 Å². The first-order valence-corrected chi connectivity index (χ1v) is 16.5. The molecule has 1 fully saturated rings. The van der Waals surface area contributed by atoms with Crippen LogP contribution in [0.2, 0.25) is 0 Å². The van der Waals surface area contributed by atoms with Gasteiger partial charge in [0.1, 0.15) is 17.2 Å². The van der Waals surface area contributed by atoms with Crippen molar-refractivity contribution in [2.24, 2.45) is 11.8 Å². The molecule has 2 aromatic rings. The van der Waals surface area contributed by atoms with Crippen molar-refractivity contribution in [3.63, 3.8) is 0 Å². The van der Waals surface area contributed by atoms with Crippen LogP contribution in [0.3, 0.4) is 0 Å². The van der Waals surface area contributed by atoms with Gasteiger partial charge in [-0.05, 0) is 81.4 Å². The largest absolute Gasteiger partial charge is 0.460 e. The van der Waals surface area contributed by atoms with Gasteiger partial charge in [0.25, 0.3) is 5.91 Å². The molecule has 1 saturated carbocycles. The quantitative estimate of drug-likeness (QED) is 0.360. The lowest BCUT2D eigenvalue weighted by Gasteiger charge is -2.35. The zero-order chi connectivity index (χ0) is 28.9. The summed E-state index contributed by atoms with van der Waals surface area (Å²) in [7, 11) is 6.17. The smallest absolute Gasteiger partial charge is 0.349 e. The Morgan fingerprint density at radius 3 is 2.71 bits per heavy atom. The van der Waals surface area contributed by atoms with Crippen LogP contribution in [0.4, 0.5) is 0 Å². The number of thiazole rings is 1. The number of thiophene rings is 1. The number of hydrogen-bond acceptors (Lipinski definition) is 8. The van der Waals surface area contributed by atoms with Gasteiger partial charge in [-0.2, -0.15) is 0 Å². The van der Waals surface area contributed by atoms with E-state index in [2.05, 4.69) is 47.4 Å². The van der Waals surface area contributed by atoms with Gasteiger partial charge in [-0.1, -0.05) is 38.0 Å². The molecule has 220 valence electrons. The first kappa shape index (κ1) is 29.9. The molecule has 1 aliphatic heterocycles. The van der Waals surface area contributed by atoms with E-state index < -0.39 is 0 Å². The monoisotopic (exact) mass is 594 g/mol. The maximum Gasteiger partial charge on any atom is 0.349 e. The molecule has 2 aliphatic carbocycles.